The molecule has 2 aliphatic carbocycles. The van der Waals surface area contributed by atoms with Crippen molar-refractivity contribution >= 4 is 0 Å². The SMILES string of the molecule is CC1CC2(CCN(C3CCC(O)CC3)CC2)C1. The Balaban J connectivity index is 1.48. The number of piperidine rings is 1. The van der Waals surface area contributed by atoms with Gasteiger partial charge in [0, 0.05) is 6.04 Å². The summed E-state index contributed by atoms with van der Waals surface area (Å²) in [6, 6.07) is 0.785. The largest absolute Gasteiger partial charge is 0.393 e. The second-order valence-electron chi connectivity index (χ2n) is 7.01. The lowest BCUT2D eigenvalue weighted by atomic mass is 9.58. The molecule has 1 heterocycles. The highest BCUT2D eigenvalue weighted by Gasteiger charge is 2.44. The molecule has 2 saturated carbocycles. The Bertz CT molecular complexity index is 254. The highest BCUT2D eigenvalue weighted by molar-refractivity contribution is 4.96. The van der Waals surface area contributed by atoms with Crippen molar-refractivity contribution in [1.82, 2.24) is 4.90 Å². The predicted molar refractivity (Wildman–Crippen MR) is 69.9 cm³/mol. The fraction of sp³-hybridized carbons (Fsp3) is 1.00. The molecule has 0 aromatic rings. The summed E-state index contributed by atoms with van der Waals surface area (Å²) < 4.78 is 0. The van der Waals surface area contributed by atoms with Gasteiger partial charge in [0.05, 0.1) is 6.10 Å². The van der Waals surface area contributed by atoms with Gasteiger partial charge in [0.1, 0.15) is 0 Å². The van der Waals surface area contributed by atoms with E-state index >= 15 is 0 Å². The highest BCUT2D eigenvalue weighted by atomic mass is 16.3. The van der Waals surface area contributed by atoms with Crippen molar-refractivity contribution in [2.45, 2.75) is 70.4 Å². The fourth-order valence-electron chi connectivity index (χ4n) is 4.61. The summed E-state index contributed by atoms with van der Waals surface area (Å²) in [7, 11) is 0. The van der Waals surface area contributed by atoms with Crippen LogP contribution in [0.25, 0.3) is 0 Å². The number of hydrogen-bond acceptors (Lipinski definition) is 2. The minimum absolute atomic E-state index is 0.00476. The number of rotatable bonds is 1. The summed E-state index contributed by atoms with van der Waals surface area (Å²) in [5, 5.41) is 9.57. The number of aliphatic hydroxyl groups is 1. The Morgan fingerprint density at radius 2 is 1.59 bits per heavy atom. The summed E-state index contributed by atoms with van der Waals surface area (Å²) in [5.41, 5.74) is 0.754. The molecule has 98 valence electrons. The molecule has 1 saturated heterocycles. The summed E-state index contributed by atoms with van der Waals surface area (Å²) in [5.74, 6) is 0.992. The van der Waals surface area contributed by atoms with Gasteiger partial charge in [-0.3, -0.25) is 0 Å². The van der Waals surface area contributed by atoms with Gasteiger partial charge >= 0.3 is 0 Å². The van der Waals surface area contributed by atoms with E-state index in [1.54, 1.807) is 0 Å². The molecular weight excluding hydrogens is 210 g/mol. The van der Waals surface area contributed by atoms with Gasteiger partial charge < -0.3 is 10.0 Å². The second-order valence-corrected chi connectivity index (χ2v) is 7.01. The van der Waals surface area contributed by atoms with Crippen molar-refractivity contribution in [1.29, 1.82) is 0 Å². The second kappa shape index (κ2) is 4.55. The molecule has 3 fully saturated rings. The van der Waals surface area contributed by atoms with Crippen LogP contribution < -0.4 is 0 Å². The number of hydrogen-bond donors (Lipinski definition) is 1. The topological polar surface area (TPSA) is 23.5 Å². The first kappa shape index (κ1) is 12.0. The van der Waals surface area contributed by atoms with Crippen LogP contribution in [0.5, 0.6) is 0 Å². The van der Waals surface area contributed by atoms with Crippen molar-refractivity contribution in [3.63, 3.8) is 0 Å². The third kappa shape index (κ3) is 2.39. The summed E-state index contributed by atoms with van der Waals surface area (Å²) in [6.45, 7) is 5.06. The Hall–Kier alpha value is -0.0800. The average Bonchev–Trinajstić information content (AvgIpc) is 2.30. The van der Waals surface area contributed by atoms with Gasteiger partial charge in [-0.15, -0.1) is 0 Å². The molecule has 0 radical (unpaired) electrons. The smallest absolute Gasteiger partial charge is 0.0541 e. The van der Waals surface area contributed by atoms with E-state index in [1.807, 2.05) is 0 Å². The zero-order valence-corrected chi connectivity index (χ0v) is 11.2. The monoisotopic (exact) mass is 237 g/mol. The molecule has 2 nitrogen and oxygen atoms in total. The molecule has 0 aromatic carbocycles. The van der Waals surface area contributed by atoms with Crippen LogP contribution >= 0.6 is 0 Å². The van der Waals surface area contributed by atoms with Crippen LogP contribution in [0.3, 0.4) is 0 Å². The summed E-state index contributed by atoms with van der Waals surface area (Å²) in [6.07, 6.45) is 10.4. The molecule has 0 aromatic heterocycles. The van der Waals surface area contributed by atoms with Crippen LogP contribution in [0.2, 0.25) is 0 Å². The molecule has 1 aliphatic heterocycles. The molecular formula is C15H27NO. The molecule has 1 N–H and O–H groups in total. The Labute approximate surface area is 105 Å². The van der Waals surface area contributed by atoms with Crippen LogP contribution in [0.4, 0.5) is 0 Å². The minimum Gasteiger partial charge on any atom is -0.393 e. The molecule has 2 heteroatoms. The normalized spacial score (nSPS) is 39.2. The Morgan fingerprint density at radius 3 is 2.12 bits per heavy atom. The van der Waals surface area contributed by atoms with Gasteiger partial charge in [-0.2, -0.15) is 0 Å². The van der Waals surface area contributed by atoms with Crippen LogP contribution in [-0.4, -0.2) is 35.2 Å². The summed E-state index contributed by atoms with van der Waals surface area (Å²) in [4.78, 5) is 2.72. The van der Waals surface area contributed by atoms with Crippen molar-refractivity contribution < 1.29 is 5.11 Å². The first-order chi connectivity index (χ1) is 8.17. The Morgan fingerprint density at radius 1 is 1.00 bits per heavy atom. The lowest BCUT2D eigenvalue weighted by Crippen LogP contribution is -2.50. The van der Waals surface area contributed by atoms with Gasteiger partial charge in [0.2, 0.25) is 0 Å². The molecule has 3 rings (SSSR count). The van der Waals surface area contributed by atoms with Gasteiger partial charge in [0.15, 0.2) is 0 Å². The number of likely N-dealkylation sites (tertiary alicyclic amines) is 1. The van der Waals surface area contributed by atoms with E-state index in [4.69, 9.17) is 0 Å². The van der Waals surface area contributed by atoms with Gasteiger partial charge in [-0.1, -0.05) is 6.92 Å². The van der Waals surface area contributed by atoms with E-state index in [0.29, 0.717) is 0 Å². The molecule has 0 amide bonds. The van der Waals surface area contributed by atoms with Gasteiger partial charge in [-0.25, -0.2) is 0 Å². The van der Waals surface area contributed by atoms with Crippen molar-refractivity contribution in [3.8, 4) is 0 Å². The zero-order chi connectivity index (χ0) is 11.9. The van der Waals surface area contributed by atoms with Crippen LogP contribution in [0, 0.1) is 11.3 Å². The van der Waals surface area contributed by atoms with E-state index in [9.17, 15) is 5.11 Å². The molecule has 17 heavy (non-hydrogen) atoms. The van der Waals surface area contributed by atoms with Crippen LogP contribution in [0.1, 0.15) is 58.3 Å². The van der Waals surface area contributed by atoms with Crippen LogP contribution in [-0.2, 0) is 0 Å². The summed E-state index contributed by atoms with van der Waals surface area (Å²) >= 11 is 0. The average molecular weight is 237 g/mol. The minimum atomic E-state index is -0.00476. The third-order valence-corrected chi connectivity index (χ3v) is 5.60. The predicted octanol–water partition coefficient (Wildman–Crippen LogP) is 2.80. The maximum atomic E-state index is 9.57. The van der Waals surface area contributed by atoms with Gasteiger partial charge in [0.25, 0.3) is 0 Å². The molecule has 1 spiro atoms. The van der Waals surface area contributed by atoms with Crippen LogP contribution in [0.15, 0.2) is 0 Å². The fourth-order valence-corrected chi connectivity index (χ4v) is 4.61. The third-order valence-electron chi connectivity index (χ3n) is 5.60. The highest BCUT2D eigenvalue weighted by Crippen LogP contribution is 2.52. The lowest BCUT2D eigenvalue weighted by molar-refractivity contribution is -0.0283. The van der Waals surface area contributed by atoms with E-state index in [1.165, 1.54) is 51.6 Å². The standard InChI is InChI=1S/C15H27NO/c1-12-10-15(11-12)6-8-16(9-7-15)13-2-4-14(17)5-3-13/h12-14,17H,2-11H2,1H3. The first-order valence-corrected chi connectivity index (χ1v) is 7.59. The molecule has 0 bridgehead atoms. The van der Waals surface area contributed by atoms with E-state index < -0.39 is 0 Å². The maximum absolute atomic E-state index is 9.57. The zero-order valence-electron chi connectivity index (χ0n) is 11.2. The van der Waals surface area contributed by atoms with Crippen molar-refractivity contribution in [2.75, 3.05) is 13.1 Å². The maximum Gasteiger partial charge on any atom is 0.0541 e. The Kier molecular flexibility index (Phi) is 3.20. The number of nitrogens with zero attached hydrogens (tertiary/aromatic N) is 1. The first-order valence-electron chi connectivity index (χ1n) is 7.59. The lowest BCUT2D eigenvalue weighted by Gasteiger charge is -2.53. The van der Waals surface area contributed by atoms with Crippen molar-refractivity contribution in [2.24, 2.45) is 11.3 Å². The number of aliphatic hydroxyl groups excluding tert-OH is 1. The van der Waals surface area contributed by atoms with E-state index in [0.717, 1.165) is 30.2 Å². The molecule has 0 unspecified atom stereocenters. The molecule has 0 atom stereocenters. The molecule has 3 aliphatic rings. The van der Waals surface area contributed by atoms with E-state index in [2.05, 4.69) is 11.8 Å². The quantitative estimate of drug-likeness (QED) is 0.758. The van der Waals surface area contributed by atoms with Gasteiger partial charge in [-0.05, 0) is 75.8 Å². The van der Waals surface area contributed by atoms with Crippen molar-refractivity contribution in [3.05, 3.63) is 0 Å². The van der Waals surface area contributed by atoms with E-state index in [-0.39, 0.29) is 6.10 Å².